The molecule has 0 radical (unpaired) electrons. The smallest absolute Gasteiger partial charge is 0.282 e. The van der Waals surface area contributed by atoms with Crippen LogP contribution in [0.1, 0.15) is 53.1 Å². The van der Waals surface area contributed by atoms with Crippen LogP contribution in [0, 0.1) is 0 Å². The molecule has 1 spiro atoms. The van der Waals surface area contributed by atoms with E-state index in [-0.39, 0.29) is 22.7 Å². The van der Waals surface area contributed by atoms with Crippen LogP contribution in [-0.4, -0.2) is 43.6 Å². The Morgan fingerprint density at radius 2 is 2.00 bits per heavy atom. The summed E-state index contributed by atoms with van der Waals surface area (Å²) in [6, 6.07) is 11.1. The summed E-state index contributed by atoms with van der Waals surface area (Å²) in [5.74, 6) is 0.434. The van der Waals surface area contributed by atoms with Gasteiger partial charge in [-0.05, 0) is 37.3 Å². The molecule has 0 N–H and O–H groups in total. The molecule has 3 heterocycles. The van der Waals surface area contributed by atoms with E-state index in [1.807, 2.05) is 36.5 Å². The van der Waals surface area contributed by atoms with Gasteiger partial charge in [-0.25, -0.2) is 18.7 Å². The first kappa shape index (κ1) is 19.8. The van der Waals surface area contributed by atoms with Crippen LogP contribution in [0.4, 0.5) is 8.78 Å². The van der Waals surface area contributed by atoms with Crippen LogP contribution < -0.4 is 0 Å². The van der Waals surface area contributed by atoms with Gasteiger partial charge in [-0.15, -0.1) is 0 Å². The average molecular weight is 423 g/mol. The summed E-state index contributed by atoms with van der Waals surface area (Å²) >= 11 is 0. The van der Waals surface area contributed by atoms with E-state index in [0.717, 1.165) is 42.5 Å². The van der Waals surface area contributed by atoms with Gasteiger partial charge in [-0.3, -0.25) is 9.48 Å². The van der Waals surface area contributed by atoms with E-state index in [2.05, 4.69) is 10.1 Å². The Labute approximate surface area is 178 Å². The molecule has 2 aliphatic rings. The summed E-state index contributed by atoms with van der Waals surface area (Å²) in [5.41, 5.74) is 2.72. The quantitative estimate of drug-likeness (QED) is 0.640. The van der Waals surface area contributed by atoms with Crippen molar-refractivity contribution >= 4 is 5.91 Å². The van der Waals surface area contributed by atoms with E-state index in [1.54, 1.807) is 4.90 Å². The largest absolute Gasteiger partial charge is 0.336 e. The fourth-order valence-corrected chi connectivity index (χ4v) is 4.93. The zero-order chi connectivity index (χ0) is 21.6. The van der Waals surface area contributed by atoms with Crippen LogP contribution in [0.3, 0.4) is 0 Å². The number of benzene rings is 1. The van der Waals surface area contributed by atoms with Crippen molar-refractivity contribution in [2.24, 2.45) is 7.05 Å². The van der Waals surface area contributed by atoms with Crippen molar-refractivity contribution in [3.8, 4) is 11.4 Å². The molecule has 0 bridgehead atoms. The Morgan fingerprint density at radius 3 is 2.74 bits per heavy atom. The molecule has 6 nitrogen and oxygen atoms in total. The average Bonchev–Trinajstić information content (AvgIpc) is 3.35. The minimum absolute atomic E-state index is 0.193. The lowest BCUT2D eigenvalue weighted by molar-refractivity contribution is 0.0622. The molecule has 31 heavy (non-hydrogen) atoms. The van der Waals surface area contributed by atoms with E-state index in [9.17, 15) is 13.6 Å². The number of piperidine rings is 1. The Balaban J connectivity index is 1.45. The summed E-state index contributed by atoms with van der Waals surface area (Å²) in [7, 11) is 1.53. The maximum absolute atomic E-state index is 13.2. The molecule has 3 aromatic rings. The number of carbonyl (C=O) groups is 1. The number of alkyl halides is 2. The van der Waals surface area contributed by atoms with Crippen LogP contribution in [0.5, 0.6) is 0 Å². The molecule has 8 heteroatoms. The van der Waals surface area contributed by atoms with Gasteiger partial charge < -0.3 is 4.90 Å². The number of aryl methyl sites for hydroxylation is 2. The first-order valence-corrected chi connectivity index (χ1v) is 10.5. The van der Waals surface area contributed by atoms with Crippen LogP contribution >= 0.6 is 0 Å². The van der Waals surface area contributed by atoms with Gasteiger partial charge >= 0.3 is 0 Å². The van der Waals surface area contributed by atoms with E-state index in [0.29, 0.717) is 18.9 Å². The van der Waals surface area contributed by atoms with Crippen LogP contribution in [0.2, 0.25) is 0 Å². The van der Waals surface area contributed by atoms with Gasteiger partial charge in [0, 0.05) is 37.3 Å². The Hall–Kier alpha value is -3.16. The van der Waals surface area contributed by atoms with Crippen molar-refractivity contribution in [3.05, 3.63) is 65.2 Å². The van der Waals surface area contributed by atoms with Crippen molar-refractivity contribution in [2.75, 3.05) is 13.1 Å². The lowest BCUT2D eigenvalue weighted by Gasteiger charge is -2.40. The first-order valence-electron chi connectivity index (χ1n) is 10.5. The first-order chi connectivity index (χ1) is 15.0. The van der Waals surface area contributed by atoms with Gasteiger partial charge in [0.25, 0.3) is 12.3 Å². The molecule has 5 rings (SSSR count). The Kier molecular flexibility index (Phi) is 4.79. The highest BCUT2D eigenvalue weighted by Gasteiger charge is 2.45. The van der Waals surface area contributed by atoms with Crippen LogP contribution in [0.15, 0.2) is 42.6 Å². The predicted octanol–water partition coefficient (Wildman–Crippen LogP) is 3.93. The fraction of sp³-hybridized carbons (Fsp3) is 0.391. The molecule has 1 aromatic carbocycles. The third kappa shape index (κ3) is 3.40. The highest BCUT2D eigenvalue weighted by molar-refractivity contribution is 5.93. The monoisotopic (exact) mass is 423 g/mol. The zero-order valence-corrected chi connectivity index (χ0v) is 17.3. The second-order valence-corrected chi connectivity index (χ2v) is 8.42. The maximum Gasteiger partial charge on any atom is 0.282 e. The zero-order valence-electron chi connectivity index (χ0n) is 17.3. The molecule has 1 amide bonds. The van der Waals surface area contributed by atoms with E-state index in [4.69, 9.17) is 4.98 Å². The molecule has 160 valence electrons. The lowest BCUT2D eigenvalue weighted by Crippen LogP contribution is -2.48. The van der Waals surface area contributed by atoms with Crippen LogP contribution in [-0.2, 0) is 18.9 Å². The molecule has 1 aliphatic carbocycles. The van der Waals surface area contributed by atoms with Gasteiger partial charge in [-0.1, -0.05) is 30.3 Å². The maximum atomic E-state index is 13.2. The predicted molar refractivity (Wildman–Crippen MR) is 111 cm³/mol. The standard InChI is InChI=1S/C23H23F2N5O/c1-29-18(12-17(28-29)20(24)25)22(31)30-11-5-9-23(14-30)10-8-16-13-26-21(27-19(16)23)15-6-3-2-4-7-15/h2-4,6-7,12-13,20H,5,8-11,14H2,1H3. The summed E-state index contributed by atoms with van der Waals surface area (Å²) in [4.78, 5) is 24.5. The summed E-state index contributed by atoms with van der Waals surface area (Å²) in [6.45, 7) is 1.13. The Bertz CT molecular complexity index is 1130. The molecule has 1 unspecified atom stereocenters. The number of nitrogens with zero attached hydrogens (tertiary/aromatic N) is 5. The van der Waals surface area contributed by atoms with Gasteiger partial charge in [0.1, 0.15) is 11.4 Å². The van der Waals surface area contributed by atoms with Gasteiger partial charge in [0.05, 0.1) is 5.69 Å². The highest BCUT2D eigenvalue weighted by Crippen LogP contribution is 2.44. The molecule has 1 aliphatic heterocycles. The third-order valence-electron chi connectivity index (χ3n) is 6.48. The van der Waals surface area contributed by atoms with Gasteiger partial charge in [0.15, 0.2) is 5.82 Å². The number of aromatic nitrogens is 4. The fourth-order valence-electron chi connectivity index (χ4n) is 4.93. The number of hydrogen-bond acceptors (Lipinski definition) is 4. The van der Waals surface area contributed by atoms with Crippen molar-refractivity contribution in [1.29, 1.82) is 0 Å². The molecular weight excluding hydrogens is 400 g/mol. The van der Waals surface area contributed by atoms with Gasteiger partial charge in [-0.2, -0.15) is 5.10 Å². The second-order valence-electron chi connectivity index (χ2n) is 8.42. The molecule has 2 aromatic heterocycles. The van der Waals surface area contributed by atoms with Crippen molar-refractivity contribution in [3.63, 3.8) is 0 Å². The molecule has 0 saturated carbocycles. The minimum Gasteiger partial charge on any atom is -0.336 e. The number of hydrogen-bond donors (Lipinski definition) is 0. The van der Waals surface area contributed by atoms with Crippen molar-refractivity contribution in [2.45, 2.75) is 37.5 Å². The van der Waals surface area contributed by atoms with E-state index in [1.165, 1.54) is 17.8 Å². The third-order valence-corrected chi connectivity index (χ3v) is 6.48. The van der Waals surface area contributed by atoms with E-state index >= 15 is 0 Å². The highest BCUT2D eigenvalue weighted by atomic mass is 19.3. The summed E-state index contributed by atoms with van der Waals surface area (Å²) in [6.07, 6.45) is 2.80. The van der Waals surface area contributed by atoms with E-state index < -0.39 is 6.43 Å². The summed E-state index contributed by atoms with van der Waals surface area (Å²) < 4.78 is 27.3. The number of rotatable bonds is 3. The van der Waals surface area contributed by atoms with Crippen molar-refractivity contribution < 1.29 is 13.6 Å². The number of amides is 1. The summed E-state index contributed by atoms with van der Waals surface area (Å²) in [5, 5.41) is 3.79. The minimum atomic E-state index is -2.70. The number of likely N-dealkylation sites (tertiary alicyclic amines) is 1. The molecular formula is C23H23F2N5O. The number of fused-ring (bicyclic) bond motifs is 2. The van der Waals surface area contributed by atoms with Crippen LogP contribution in [0.25, 0.3) is 11.4 Å². The molecule has 1 fully saturated rings. The molecule has 1 saturated heterocycles. The SMILES string of the molecule is Cn1nc(C(F)F)cc1C(=O)N1CCCC2(CCc3cnc(-c4ccccc4)nc32)C1. The molecule has 1 atom stereocenters. The van der Waals surface area contributed by atoms with Gasteiger partial charge in [0.2, 0.25) is 0 Å². The number of halogens is 2. The topological polar surface area (TPSA) is 63.9 Å². The van der Waals surface area contributed by atoms with Crippen molar-refractivity contribution in [1.82, 2.24) is 24.6 Å². The second kappa shape index (κ2) is 7.51. The normalized spacial score (nSPS) is 20.5. The lowest BCUT2D eigenvalue weighted by atomic mass is 9.77. The number of carbonyl (C=O) groups excluding carboxylic acids is 1. The Morgan fingerprint density at radius 1 is 1.19 bits per heavy atom.